The SMILES string of the molecule is O=C(c1nc(C2CC2)ncc1Br)N1C[C@H](O)C[C@H]1CO. The summed E-state index contributed by atoms with van der Waals surface area (Å²) in [7, 11) is 0. The molecule has 0 radical (unpaired) electrons. The third-order valence-corrected chi connectivity index (χ3v) is 4.35. The molecule has 1 aromatic rings. The van der Waals surface area contributed by atoms with E-state index in [0.29, 0.717) is 28.3 Å². The van der Waals surface area contributed by atoms with E-state index in [9.17, 15) is 15.0 Å². The molecule has 7 heteroatoms. The van der Waals surface area contributed by atoms with E-state index in [1.807, 2.05) is 0 Å². The largest absolute Gasteiger partial charge is 0.394 e. The van der Waals surface area contributed by atoms with Crippen LogP contribution in [-0.2, 0) is 0 Å². The first-order valence-electron chi connectivity index (χ1n) is 6.72. The molecule has 2 N–H and O–H groups in total. The highest BCUT2D eigenvalue weighted by Gasteiger charge is 2.36. The van der Waals surface area contributed by atoms with Crippen LogP contribution in [0.3, 0.4) is 0 Å². The van der Waals surface area contributed by atoms with Crippen LogP contribution in [0, 0.1) is 0 Å². The molecule has 1 saturated heterocycles. The summed E-state index contributed by atoms with van der Waals surface area (Å²) in [6.45, 7) is 0.0836. The normalized spacial score (nSPS) is 26.1. The third-order valence-electron chi connectivity index (χ3n) is 3.77. The summed E-state index contributed by atoms with van der Waals surface area (Å²) >= 11 is 3.31. The van der Waals surface area contributed by atoms with Crippen molar-refractivity contribution < 1.29 is 15.0 Å². The van der Waals surface area contributed by atoms with Gasteiger partial charge in [-0.2, -0.15) is 0 Å². The molecule has 0 unspecified atom stereocenters. The number of carbonyl (C=O) groups is 1. The van der Waals surface area contributed by atoms with E-state index < -0.39 is 6.10 Å². The Morgan fingerprint density at radius 2 is 2.25 bits per heavy atom. The Labute approximate surface area is 125 Å². The first kappa shape index (κ1) is 13.9. The van der Waals surface area contributed by atoms with Gasteiger partial charge in [-0.05, 0) is 35.2 Å². The van der Waals surface area contributed by atoms with Crippen LogP contribution in [0.25, 0.3) is 0 Å². The summed E-state index contributed by atoms with van der Waals surface area (Å²) < 4.78 is 0.546. The highest BCUT2D eigenvalue weighted by Crippen LogP contribution is 2.38. The molecule has 1 aromatic heterocycles. The summed E-state index contributed by atoms with van der Waals surface area (Å²) in [5.74, 6) is 0.807. The Balaban J connectivity index is 1.87. The molecule has 1 aliphatic carbocycles. The maximum absolute atomic E-state index is 12.6. The fourth-order valence-corrected chi connectivity index (χ4v) is 2.88. The van der Waals surface area contributed by atoms with E-state index in [1.54, 1.807) is 6.20 Å². The predicted molar refractivity (Wildman–Crippen MR) is 74.2 cm³/mol. The van der Waals surface area contributed by atoms with Crippen molar-refractivity contribution in [3.05, 3.63) is 22.2 Å². The Hall–Kier alpha value is -1.05. The number of aliphatic hydroxyl groups is 2. The van der Waals surface area contributed by atoms with Gasteiger partial charge >= 0.3 is 0 Å². The molecule has 0 bridgehead atoms. The molecule has 2 aliphatic rings. The zero-order valence-corrected chi connectivity index (χ0v) is 12.5. The second-order valence-electron chi connectivity index (χ2n) is 5.38. The minimum Gasteiger partial charge on any atom is -0.394 e. The topological polar surface area (TPSA) is 86.6 Å². The molecule has 2 heterocycles. The maximum atomic E-state index is 12.6. The first-order chi connectivity index (χ1) is 9.60. The van der Waals surface area contributed by atoms with Crippen LogP contribution < -0.4 is 0 Å². The molecule has 2 fully saturated rings. The van der Waals surface area contributed by atoms with Gasteiger partial charge < -0.3 is 15.1 Å². The molecule has 2 atom stereocenters. The number of hydrogen-bond donors (Lipinski definition) is 2. The Bertz CT molecular complexity index is 536. The van der Waals surface area contributed by atoms with E-state index in [-0.39, 0.29) is 25.1 Å². The number of hydrogen-bond acceptors (Lipinski definition) is 5. The second-order valence-corrected chi connectivity index (χ2v) is 6.24. The van der Waals surface area contributed by atoms with Crippen molar-refractivity contribution in [3.63, 3.8) is 0 Å². The number of halogens is 1. The van der Waals surface area contributed by atoms with Crippen LogP contribution in [0.4, 0.5) is 0 Å². The van der Waals surface area contributed by atoms with Gasteiger partial charge in [0.05, 0.1) is 23.2 Å². The number of rotatable bonds is 3. The van der Waals surface area contributed by atoms with Crippen molar-refractivity contribution in [3.8, 4) is 0 Å². The van der Waals surface area contributed by atoms with Crippen LogP contribution in [0.1, 0.15) is 41.5 Å². The molecule has 1 saturated carbocycles. The van der Waals surface area contributed by atoms with Gasteiger partial charge in [-0.25, -0.2) is 9.97 Å². The van der Waals surface area contributed by atoms with Crippen LogP contribution in [0.5, 0.6) is 0 Å². The Morgan fingerprint density at radius 3 is 2.90 bits per heavy atom. The number of aliphatic hydroxyl groups excluding tert-OH is 2. The standard InChI is InChI=1S/C13H16BrN3O3/c14-10-4-15-12(7-1-2-7)16-11(10)13(20)17-5-9(19)3-8(17)6-18/h4,7-9,18-19H,1-3,5-6H2/t8-,9+/m0/s1. The highest BCUT2D eigenvalue weighted by molar-refractivity contribution is 9.10. The number of amides is 1. The summed E-state index contributed by atoms with van der Waals surface area (Å²) in [6.07, 6.45) is 3.56. The van der Waals surface area contributed by atoms with E-state index in [2.05, 4.69) is 25.9 Å². The monoisotopic (exact) mass is 341 g/mol. The average molecular weight is 342 g/mol. The van der Waals surface area contributed by atoms with Crippen molar-refractivity contribution in [2.45, 2.75) is 37.3 Å². The Kier molecular flexibility index (Phi) is 3.74. The number of carbonyl (C=O) groups excluding carboxylic acids is 1. The van der Waals surface area contributed by atoms with Gasteiger partial charge in [-0.1, -0.05) is 0 Å². The van der Waals surface area contributed by atoms with E-state index in [0.717, 1.165) is 12.8 Å². The average Bonchev–Trinajstić information content (AvgIpc) is 3.21. The quantitative estimate of drug-likeness (QED) is 0.844. The van der Waals surface area contributed by atoms with Crippen LogP contribution in [0.15, 0.2) is 10.7 Å². The van der Waals surface area contributed by atoms with E-state index >= 15 is 0 Å². The second kappa shape index (κ2) is 5.38. The Morgan fingerprint density at radius 1 is 1.50 bits per heavy atom. The van der Waals surface area contributed by atoms with Gasteiger partial charge in [0.25, 0.3) is 5.91 Å². The van der Waals surface area contributed by atoms with Gasteiger partial charge in [0.1, 0.15) is 11.5 Å². The minimum absolute atomic E-state index is 0.152. The molecule has 0 spiro atoms. The molecule has 20 heavy (non-hydrogen) atoms. The highest BCUT2D eigenvalue weighted by atomic mass is 79.9. The predicted octanol–water partition coefficient (Wildman–Crippen LogP) is 0.684. The number of nitrogens with zero attached hydrogens (tertiary/aromatic N) is 3. The maximum Gasteiger partial charge on any atom is 0.274 e. The number of aromatic nitrogens is 2. The fourth-order valence-electron chi connectivity index (χ4n) is 2.52. The van der Waals surface area contributed by atoms with Crippen molar-refractivity contribution in [1.29, 1.82) is 0 Å². The lowest BCUT2D eigenvalue weighted by Crippen LogP contribution is -2.38. The molecular formula is C13H16BrN3O3. The van der Waals surface area contributed by atoms with Crippen LogP contribution in [0.2, 0.25) is 0 Å². The molecule has 108 valence electrons. The zero-order valence-electron chi connectivity index (χ0n) is 10.9. The molecule has 6 nitrogen and oxygen atoms in total. The summed E-state index contributed by atoms with van der Waals surface area (Å²) in [5, 5.41) is 19.0. The summed E-state index contributed by atoms with van der Waals surface area (Å²) in [4.78, 5) is 22.7. The first-order valence-corrected chi connectivity index (χ1v) is 7.51. The van der Waals surface area contributed by atoms with Gasteiger partial charge in [-0.15, -0.1) is 0 Å². The van der Waals surface area contributed by atoms with E-state index in [4.69, 9.17) is 0 Å². The molecule has 3 rings (SSSR count). The number of likely N-dealkylation sites (tertiary alicyclic amines) is 1. The van der Waals surface area contributed by atoms with Crippen LogP contribution in [-0.4, -0.2) is 56.3 Å². The van der Waals surface area contributed by atoms with Crippen molar-refractivity contribution >= 4 is 21.8 Å². The van der Waals surface area contributed by atoms with Crippen molar-refractivity contribution in [2.24, 2.45) is 0 Å². The molecule has 1 aliphatic heterocycles. The van der Waals surface area contributed by atoms with Gasteiger partial charge in [-0.3, -0.25) is 4.79 Å². The van der Waals surface area contributed by atoms with Crippen molar-refractivity contribution in [1.82, 2.24) is 14.9 Å². The van der Waals surface area contributed by atoms with Gasteiger partial charge in [0.15, 0.2) is 0 Å². The molecule has 1 amide bonds. The van der Waals surface area contributed by atoms with Crippen molar-refractivity contribution in [2.75, 3.05) is 13.2 Å². The lowest BCUT2D eigenvalue weighted by Gasteiger charge is -2.22. The molecular weight excluding hydrogens is 326 g/mol. The lowest BCUT2D eigenvalue weighted by molar-refractivity contribution is 0.0657. The smallest absolute Gasteiger partial charge is 0.274 e. The summed E-state index contributed by atoms with van der Waals surface area (Å²) in [6, 6.07) is -0.344. The zero-order chi connectivity index (χ0) is 14.3. The van der Waals surface area contributed by atoms with Gasteiger partial charge in [0, 0.05) is 18.7 Å². The van der Waals surface area contributed by atoms with Crippen LogP contribution >= 0.6 is 15.9 Å². The third kappa shape index (κ3) is 2.57. The van der Waals surface area contributed by atoms with Gasteiger partial charge in [0.2, 0.25) is 0 Å². The van der Waals surface area contributed by atoms with E-state index in [1.165, 1.54) is 4.90 Å². The summed E-state index contributed by atoms with van der Waals surface area (Å²) in [5.41, 5.74) is 0.314. The molecule has 0 aromatic carbocycles. The minimum atomic E-state index is -0.584. The lowest BCUT2D eigenvalue weighted by atomic mass is 10.2. The number of β-amino-alcohol motifs (C(OH)–C–C–N with tert-alkyl or cyclic N) is 1. The fraction of sp³-hybridized carbons (Fsp3) is 0.615.